The first-order valence-corrected chi connectivity index (χ1v) is 9.43. The number of benzene rings is 2. The maximum atomic E-state index is 14.5. The van der Waals surface area contributed by atoms with Crippen molar-refractivity contribution in [3.05, 3.63) is 58.2 Å². The number of halogens is 10. The Balaban J connectivity index is 3.24. The Labute approximate surface area is 166 Å². The number of rotatable bonds is 4. The van der Waals surface area contributed by atoms with Crippen LogP contribution >= 0.6 is 0 Å². The van der Waals surface area contributed by atoms with E-state index in [4.69, 9.17) is 0 Å². The number of hydrogen-bond donors (Lipinski definition) is 0. The van der Waals surface area contributed by atoms with Gasteiger partial charge in [-0.05, 0) is 0 Å². The van der Waals surface area contributed by atoms with Crippen molar-refractivity contribution in [2.45, 2.75) is 13.8 Å². The molecule has 31 heavy (non-hydrogen) atoms. The molecule has 0 saturated carbocycles. The standard InChI is InChI=1S/C16H6F10O4Si/c1-3(27)29-31(30-4(2)28,15-11(23)7(19)5(17)8(20)12(15)24)16-13(25)9(21)6(18)10(22)14(16)26/h1-2H3. The van der Waals surface area contributed by atoms with Crippen LogP contribution in [-0.2, 0) is 18.4 Å². The van der Waals surface area contributed by atoms with Crippen LogP contribution in [0.15, 0.2) is 0 Å². The van der Waals surface area contributed by atoms with Crippen LogP contribution in [0.25, 0.3) is 0 Å². The zero-order chi connectivity index (χ0) is 24.0. The molecule has 15 heteroatoms. The number of carbonyl (C=O) groups excluding carboxylic acids is 2. The monoisotopic (exact) mass is 480 g/mol. The van der Waals surface area contributed by atoms with Gasteiger partial charge in [-0.15, -0.1) is 0 Å². The van der Waals surface area contributed by atoms with Gasteiger partial charge in [-0.25, -0.2) is 43.9 Å². The van der Waals surface area contributed by atoms with Crippen molar-refractivity contribution in [1.82, 2.24) is 0 Å². The molecule has 0 bridgehead atoms. The highest BCUT2D eigenvalue weighted by atomic mass is 28.4. The lowest BCUT2D eigenvalue weighted by Gasteiger charge is -2.30. The maximum absolute atomic E-state index is 14.5. The fourth-order valence-electron chi connectivity index (χ4n) is 2.54. The average molecular weight is 480 g/mol. The molecule has 0 radical (unpaired) electrons. The molecule has 168 valence electrons. The summed E-state index contributed by atoms with van der Waals surface area (Å²) in [5.74, 6) is -31.7. The summed E-state index contributed by atoms with van der Waals surface area (Å²) < 4.78 is 148. The fourth-order valence-corrected chi connectivity index (χ4v) is 5.65. The average Bonchev–Trinajstić information content (AvgIpc) is 2.66. The first-order valence-electron chi connectivity index (χ1n) is 7.61. The predicted molar refractivity (Wildman–Crippen MR) is 81.0 cm³/mol. The number of hydrogen-bond acceptors (Lipinski definition) is 4. The van der Waals surface area contributed by atoms with E-state index in [1.807, 2.05) is 0 Å². The van der Waals surface area contributed by atoms with Gasteiger partial charge in [-0.3, -0.25) is 9.59 Å². The first-order chi connectivity index (χ1) is 14.2. The van der Waals surface area contributed by atoms with Gasteiger partial charge in [0.1, 0.15) is 10.4 Å². The normalized spacial score (nSPS) is 11.5. The molecule has 4 nitrogen and oxygen atoms in total. The van der Waals surface area contributed by atoms with Gasteiger partial charge >= 0.3 is 8.56 Å². The fraction of sp³-hybridized carbons (Fsp3) is 0.125. The Hall–Kier alpha value is -3.10. The van der Waals surface area contributed by atoms with Crippen LogP contribution in [0.3, 0.4) is 0 Å². The van der Waals surface area contributed by atoms with E-state index in [1.165, 1.54) is 0 Å². The highest BCUT2D eigenvalue weighted by molar-refractivity contribution is 6.94. The molecule has 0 heterocycles. The zero-order valence-corrected chi connectivity index (χ0v) is 15.9. The Kier molecular flexibility index (Phi) is 6.39. The molecule has 0 aliphatic carbocycles. The van der Waals surface area contributed by atoms with Crippen molar-refractivity contribution in [3.8, 4) is 0 Å². The van der Waals surface area contributed by atoms with E-state index in [1.54, 1.807) is 0 Å². The quantitative estimate of drug-likeness (QED) is 0.293. The molecule has 2 aromatic carbocycles. The van der Waals surface area contributed by atoms with E-state index >= 15 is 0 Å². The van der Waals surface area contributed by atoms with Crippen molar-refractivity contribution >= 4 is 30.9 Å². The first kappa shape index (κ1) is 24.2. The Morgan fingerprint density at radius 2 is 0.677 bits per heavy atom. The minimum absolute atomic E-state index is 0.378. The maximum Gasteiger partial charge on any atom is 0.547 e. The SMILES string of the molecule is CC(=O)O[Si](OC(C)=O)(c1c(F)c(F)c(F)c(F)c1F)c1c(F)c(F)c(F)c(F)c1F. The van der Waals surface area contributed by atoms with Gasteiger partial charge in [0.2, 0.25) is 11.6 Å². The minimum atomic E-state index is -6.52. The van der Waals surface area contributed by atoms with E-state index in [2.05, 4.69) is 8.85 Å². The largest absolute Gasteiger partial charge is 0.547 e. The minimum Gasteiger partial charge on any atom is -0.478 e. The third-order valence-electron chi connectivity index (χ3n) is 3.65. The molecule has 0 aliphatic rings. The van der Waals surface area contributed by atoms with Crippen LogP contribution in [0.4, 0.5) is 43.9 Å². The third kappa shape index (κ3) is 3.73. The summed E-state index contributed by atoms with van der Waals surface area (Å²) in [7, 11) is -6.52. The molecule has 0 fully saturated rings. The van der Waals surface area contributed by atoms with Crippen LogP contribution in [-0.4, -0.2) is 20.5 Å². The van der Waals surface area contributed by atoms with Gasteiger partial charge in [-0.2, -0.15) is 0 Å². The second-order valence-electron chi connectivity index (χ2n) is 5.69. The Bertz CT molecular complexity index is 975. The molecule has 0 spiro atoms. The van der Waals surface area contributed by atoms with Crippen molar-refractivity contribution in [2.75, 3.05) is 0 Å². The van der Waals surface area contributed by atoms with Crippen LogP contribution in [0.1, 0.15) is 13.8 Å². The molecular formula is C16H6F10O4Si. The van der Waals surface area contributed by atoms with Crippen LogP contribution in [0.2, 0.25) is 0 Å². The van der Waals surface area contributed by atoms with Gasteiger partial charge in [0.05, 0.1) is 0 Å². The third-order valence-corrected chi connectivity index (χ3v) is 7.00. The molecular weight excluding hydrogens is 474 g/mol. The van der Waals surface area contributed by atoms with Crippen molar-refractivity contribution in [2.24, 2.45) is 0 Å². The van der Waals surface area contributed by atoms with E-state index in [0.29, 0.717) is 13.8 Å². The highest BCUT2D eigenvalue weighted by Crippen LogP contribution is 2.26. The molecule has 0 amide bonds. The summed E-state index contributed by atoms with van der Waals surface area (Å²) in [6.45, 7) is 0.757. The van der Waals surface area contributed by atoms with Gasteiger partial charge in [0.25, 0.3) is 11.9 Å². The van der Waals surface area contributed by atoms with Crippen LogP contribution in [0.5, 0.6) is 0 Å². The second-order valence-corrected chi connectivity index (χ2v) is 8.34. The topological polar surface area (TPSA) is 52.6 Å². The summed E-state index contributed by atoms with van der Waals surface area (Å²) in [4.78, 5) is 23.0. The van der Waals surface area contributed by atoms with Gasteiger partial charge in [0, 0.05) is 13.8 Å². The molecule has 0 atom stereocenters. The lowest BCUT2D eigenvalue weighted by molar-refractivity contribution is -0.138. The molecule has 0 saturated heterocycles. The molecule has 0 N–H and O–H groups in total. The lowest BCUT2D eigenvalue weighted by Crippen LogP contribution is -2.69. The molecule has 0 aliphatic heterocycles. The van der Waals surface area contributed by atoms with Crippen LogP contribution < -0.4 is 10.4 Å². The molecule has 2 rings (SSSR count). The summed E-state index contributed by atoms with van der Waals surface area (Å²) in [6.07, 6.45) is 0. The summed E-state index contributed by atoms with van der Waals surface area (Å²) in [5, 5.41) is -4.78. The Morgan fingerprint density at radius 3 is 0.871 bits per heavy atom. The van der Waals surface area contributed by atoms with Crippen molar-refractivity contribution in [1.29, 1.82) is 0 Å². The highest BCUT2D eigenvalue weighted by Gasteiger charge is 2.60. The van der Waals surface area contributed by atoms with E-state index < -0.39 is 89.0 Å². The van der Waals surface area contributed by atoms with Gasteiger partial charge < -0.3 is 8.85 Å². The summed E-state index contributed by atoms with van der Waals surface area (Å²) in [5.41, 5.74) is 0. The number of carbonyl (C=O) groups is 2. The van der Waals surface area contributed by atoms with Gasteiger partial charge in [-0.1, -0.05) is 0 Å². The van der Waals surface area contributed by atoms with Crippen LogP contribution in [0, 0.1) is 58.2 Å². The van der Waals surface area contributed by atoms with Crippen molar-refractivity contribution < 1.29 is 62.3 Å². The lowest BCUT2D eigenvalue weighted by atomic mass is 10.3. The molecule has 2 aromatic rings. The summed E-state index contributed by atoms with van der Waals surface area (Å²) in [6, 6.07) is 0. The van der Waals surface area contributed by atoms with Gasteiger partial charge in [0.15, 0.2) is 46.5 Å². The predicted octanol–water partition coefficient (Wildman–Crippen LogP) is 2.76. The smallest absolute Gasteiger partial charge is 0.478 e. The molecule has 0 unspecified atom stereocenters. The van der Waals surface area contributed by atoms with E-state index in [9.17, 15) is 53.5 Å². The second kappa shape index (κ2) is 8.20. The zero-order valence-electron chi connectivity index (χ0n) is 14.9. The molecule has 0 aromatic heterocycles. The Morgan fingerprint density at radius 1 is 0.484 bits per heavy atom. The summed E-state index contributed by atoms with van der Waals surface area (Å²) >= 11 is 0. The van der Waals surface area contributed by atoms with Crippen molar-refractivity contribution in [3.63, 3.8) is 0 Å². The van der Waals surface area contributed by atoms with E-state index in [0.717, 1.165) is 0 Å². The van der Waals surface area contributed by atoms with E-state index in [-0.39, 0.29) is 0 Å².